The lowest BCUT2D eigenvalue weighted by Gasteiger charge is -2.27. The Hall–Kier alpha value is -3.82. The molecule has 4 N–H and O–H groups in total. The van der Waals surface area contributed by atoms with Gasteiger partial charge in [0.15, 0.2) is 0 Å². The largest absolute Gasteiger partial charge is 0.478 e. The van der Waals surface area contributed by atoms with Crippen molar-refractivity contribution >= 4 is 23.7 Å². The first-order chi connectivity index (χ1) is 14.4. The fraction of sp³-hybridized carbons (Fsp3) is 0.300. The number of ether oxygens (including phenoxy) is 1. The number of aliphatic carboxylic acids is 2. The van der Waals surface area contributed by atoms with Crippen LogP contribution >= 0.6 is 0 Å². The molecule has 2 aromatic rings. The predicted octanol–water partition coefficient (Wildman–Crippen LogP) is 2.89. The number of carboxylic acids is 2. The van der Waals surface area contributed by atoms with Crippen LogP contribution in [0.3, 0.4) is 0 Å². The molecule has 0 aromatic carbocycles. The lowest BCUT2D eigenvalue weighted by Crippen LogP contribution is -2.24. The summed E-state index contributed by atoms with van der Waals surface area (Å²) in [6.07, 6.45) is 6.12. The molecule has 0 amide bonds. The molecular formula is C20H23N3O7. The number of hydrogen-bond donors (Lipinski definition) is 4. The van der Waals surface area contributed by atoms with Gasteiger partial charge >= 0.3 is 17.9 Å². The van der Waals surface area contributed by atoms with E-state index in [-0.39, 0.29) is 11.9 Å². The van der Waals surface area contributed by atoms with Crippen molar-refractivity contribution in [3.05, 3.63) is 59.3 Å². The Balaban J connectivity index is 0.000000343. The van der Waals surface area contributed by atoms with Crippen molar-refractivity contribution in [3.8, 4) is 0 Å². The summed E-state index contributed by atoms with van der Waals surface area (Å²) in [6.45, 7) is 4.21. The fourth-order valence-corrected chi connectivity index (χ4v) is 2.95. The zero-order valence-corrected chi connectivity index (χ0v) is 16.5. The Kier molecular flexibility index (Phi) is 7.98. The van der Waals surface area contributed by atoms with Crippen LogP contribution in [-0.4, -0.2) is 44.9 Å². The van der Waals surface area contributed by atoms with Gasteiger partial charge in [-0.05, 0) is 25.5 Å². The molecule has 160 valence electrons. The molecule has 10 nitrogen and oxygen atoms in total. The quantitative estimate of drug-likeness (QED) is 0.393. The van der Waals surface area contributed by atoms with Gasteiger partial charge in [0, 0.05) is 23.4 Å². The van der Waals surface area contributed by atoms with Crippen LogP contribution in [0.4, 0.5) is 5.82 Å². The molecule has 0 fully saturated rings. The van der Waals surface area contributed by atoms with E-state index >= 15 is 0 Å². The van der Waals surface area contributed by atoms with Crippen LogP contribution in [0, 0.1) is 0 Å². The van der Waals surface area contributed by atoms with E-state index in [1.54, 1.807) is 19.4 Å². The Morgan fingerprint density at radius 1 is 1.23 bits per heavy atom. The second-order valence-electron chi connectivity index (χ2n) is 6.15. The van der Waals surface area contributed by atoms with E-state index in [1.807, 2.05) is 12.1 Å². The number of allylic oxidation sites excluding steroid dienone is 1. The van der Waals surface area contributed by atoms with Crippen molar-refractivity contribution in [2.45, 2.75) is 32.6 Å². The molecule has 1 atom stereocenters. The maximum atomic E-state index is 12.5. The Bertz CT molecular complexity index is 926. The number of aromatic nitrogens is 2. The van der Waals surface area contributed by atoms with Crippen LogP contribution in [0.15, 0.2) is 52.4 Å². The fourth-order valence-electron chi connectivity index (χ4n) is 2.95. The summed E-state index contributed by atoms with van der Waals surface area (Å²) in [4.78, 5) is 31.6. The molecule has 1 aliphatic rings. The number of anilines is 1. The number of aromatic amines is 1. The van der Waals surface area contributed by atoms with Gasteiger partial charge in [0.25, 0.3) is 0 Å². The van der Waals surface area contributed by atoms with Crippen LogP contribution in [-0.2, 0) is 19.1 Å². The van der Waals surface area contributed by atoms with Crippen LogP contribution in [0.2, 0.25) is 0 Å². The maximum absolute atomic E-state index is 12.5. The minimum absolute atomic E-state index is 0.300. The third-order valence-electron chi connectivity index (χ3n) is 4.06. The number of H-pyrrole nitrogens is 1. The van der Waals surface area contributed by atoms with Crippen molar-refractivity contribution in [1.82, 2.24) is 10.2 Å². The van der Waals surface area contributed by atoms with E-state index in [4.69, 9.17) is 19.4 Å². The maximum Gasteiger partial charge on any atom is 0.336 e. The van der Waals surface area contributed by atoms with E-state index in [1.165, 1.54) is 0 Å². The number of carboxylic acid groups (broad SMARTS) is 2. The SMILES string of the molecule is CCCC1=C(C(=O)OCC)C(c2ccco2)c2cn[nH]c2N1.O=C(O)/C=C\C(=O)O. The Labute approximate surface area is 172 Å². The van der Waals surface area contributed by atoms with Gasteiger partial charge in [0.2, 0.25) is 0 Å². The van der Waals surface area contributed by atoms with E-state index in [0.29, 0.717) is 30.1 Å². The summed E-state index contributed by atoms with van der Waals surface area (Å²) >= 11 is 0. The lowest BCUT2D eigenvalue weighted by molar-refractivity contribution is -0.139. The van der Waals surface area contributed by atoms with Gasteiger partial charge in [-0.2, -0.15) is 5.10 Å². The van der Waals surface area contributed by atoms with Crippen molar-refractivity contribution < 1.29 is 33.8 Å². The molecule has 10 heteroatoms. The molecule has 30 heavy (non-hydrogen) atoms. The van der Waals surface area contributed by atoms with Crippen LogP contribution < -0.4 is 5.32 Å². The van der Waals surface area contributed by atoms with Gasteiger partial charge in [-0.1, -0.05) is 13.3 Å². The average Bonchev–Trinajstić information content (AvgIpc) is 3.38. The average molecular weight is 417 g/mol. The number of esters is 1. The minimum atomic E-state index is -1.26. The zero-order chi connectivity index (χ0) is 22.1. The summed E-state index contributed by atoms with van der Waals surface area (Å²) in [5.74, 6) is -1.61. The molecule has 3 rings (SSSR count). The van der Waals surface area contributed by atoms with E-state index < -0.39 is 11.9 Å². The van der Waals surface area contributed by atoms with Crippen molar-refractivity contribution in [3.63, 3.8) is 0 Å². The molecule has 0 saturated heterocycles. The Morgan fingerprint density at radius 3 is 2.47 bits per heavy atom. The molecule has 1 unspecified atom stereocenters. The van der Waals surface area contributed by atoms with Crippen molar-refractivity contribution in [2.75, 3.05) is 11.9 Å². The first-order valence-electron chi connectivity index (χ1n) is 9.26. The summed E-state index contributed by atoms with van der Waals surface area (Å²) in [7, 11) is 0. The molecule has 0 radical (unpaired) electrons. The highest BCUT2D eigenvalue weighted by molar-refractivity contribution is 5.94. The van der Waals surface area contributed by atoms with Gasteiger partial charge in [0.1, 0.15) is 11.6 Å². The first-order valence-corrected chi connectivity index (χ1v) is 9.26. The van der Waals surface area contributed by atoms with Gasteiger partial charge < -0.3 is 24.7 Å². The summed E-state index contributed by atoms with van der Waals surface area (Å²) in [5.41, 5.74) is 2.35. The standard InChI is InChI=1S/C16H19N3O3.C4H4O4/c1-3-6-11-14(16(20)21-4-2)13(12-7-5-8-22-12)10-9-17-19-15(10)18-11;5-3(6)1-2-4(7)8/h5,7-9,13H,3-4,6H2,1-2H3,(H2,17,18,19);1-2H,(H,5,6)(H,7,8)/b;2-1-. The van der Waals surface area contributed by atoms with Gasteiger partial charge in [0.05, 0.1) is 30.6 Å². The molecule has 0 spiro atoms. The number of furan rings is 1. The highest BCUT2D eigenvalue weighted by Gasteiger charge is 2.36. The number of nitrogens with one attached hydrogen (secondary N) is 2. The van der Waals surface area contributed by atoms with E-state index in [2.05, 4.69) is 22.4 Å². The number of nitrogens with zero attached hydrogens (tertiary/aromatic N) is 1. The summed E-state index contributed by atoms with van der Waals surface area (Å²) in [5, 5.41) is 25.9. The third kappa shape index (κ3) is 5.60. The second kappa shape index (κ2) is 10.6. The summed E-state index contributed by atoms with van der Waals surface area (Å²) in [6, 6.07) is 3.69. The van der Waals surface area contributed by atoms with E-state index in [9.17, 15) is 14.4 Å². The van der Waals surface area contributed by atoms with Crippen molar-refractivity contribution in [1.29, 1.82) is 0 Å². The summed E-state index contributed by atoms with van der Waals surface area (Å²) < 4.78 is 10.8. The predicted molar refractivity (Wildman–Crippen MR) is 106 cm³/mol. The van der Waals surface area contributed by atoms with E-state index in [0.717, 1.165) is 29.9 Å². The van der Waals surface area contributed by atoms with Gasteiger partial charge in [-0.3, -0.25) is 5.10 Å². The van der Waals surface area contributed by atoms with Gasteiger partial charge in [-0.25, -0.2) is 14.4 Å². The minimum Gasteiger partial charge on any atom is -0.478 e. The monoisotopic (exact) mass is 417 g/mol. The van der Waals surface area contributed by atoms with Crippen LogP contribution in [0.5, 0.6) is 0 Å². The number of fused-ring (bicyclic) bond motifs is 1. The number of carbonyl (C=O) groups is 3. The lowest BCUT2D eigenvalue weighted by atomic mass is 9.85. The van der Waals surface area contributed by atoms with Crippen molar-refractivity contribution in [2.24, 2.45) is 0 Å². The normalized spacial score (nSPS) is 15.1. The number of carbonyl (C=O) groups excluding carboxylic acids is 1. The number of rotatable bonds is 7. The molecule has 0 saturated carbocycles. The van der Waals surface area contributed by atoms with Gasteiger partial charge in [-0.15, -0.1) is 0 Å². The van der Waals surface area contributed by atoms with Crippen LogP contribution in [0.1, 0.15) is 43.9 Å². The topological polar surface area (TPSA) is 155 Å². The van der Waals surface area contributed by atoms with Crippen LogP contribution in [0.25, 0.3) is 0 Å². The first kappa shape index (κ1) is 22.5. The molecular weight excluding hydrogens is 394 g/mol. The highest BCUT2D eigenvalue weighted by Crippen LogP contribution is 2.42. The highest BCUT2D eigenvalue weighted by atomic mass is 16.5. The molecule has 3 heterocycles. The Morgan fingerprint density at radius 2 is 1.93 bits per heavy atom. The molecule has 0 bridgehead atoms. The molecule has 2 aromatic heterocycles. The number of hydrogen-bond acceptors (Lipinski definition) is 7. The third-order valence-corrected chi connectivity index (χ3v) is 4.06. The smallest absolute Gasteiger partial charge is 0.336 e. The second-order valence-corrected chi connectivity index (χ2v) is 6.15. The zero-order valence-electron chi connectivity index (χ0n) is 16.5. The molecule has 0 aliphatic carbocycles. The molecule has 1 aliphatic heterocycles.